The Kier molecular flexibility index (Phi) is 9.52. The Labute approximate surface area is 220 Å². The fraction of sp³-hybridized carbons (Fsp3) is 0.552. The molecular formula is C29H41NO5S. The van der Waals surface area contributed by atoms with Crippen LogP contribution in [-0.2, 0) is 19.7 Å². The minimum absolute atomic E-state index is 0.0451. The third kappa shape index (κ3) is 6.00. The molecule has 0 radical (unpaired) electrons. The highest BCUT2D eigenvalue weighted by atomic mass is 32.1. The van der Waals surface area contributed by atoms with Crippen LogP contribution in [0.4, 0.5) is 0 Å². The van der Waals surface area contributed by atoms with Crippen LogP contribution in [0.3, 0.4) is 0 Å². The maximum absolute atomic E-state index is 13.3. The Morgan fingerprint density at radius 3 is 2.14 bits per heavy atom. The van der Waals surface area contributed by atoms with Crippen molar-refractivity contribution in [2.75, 3.05) is 20.8 Å². The summed E-state index contributed by atoms with van der Waals surface area (Å²) in [7, 11) is 2.95. The summed E-state index contributed by atoms with van der Waals surface area (Å²) in [4.78, 5) is 40.7. The van der Waals surface area contributed by atoms with Crippen molar-refractivity contribution in [3.8, 4) is 5.75 Å². The first kappa shape index (κ1) is 29.6. The number of aryl methyl sites for hydroxylation is 2. The quantitative estimate of drug-likeness (QED) is 0.358. The highest BCUT2D eigenvalue weighted by Gasteiger charge is 2.35. The number of rotatable bonds is 10. The van der Waals surface area contributed by atoms with E-state index < -0.39 is 17.4 Å². The van der Waals surface area contributed by atoms with Crippen LogP contribution in [0.5, 0.6) is 5.75 Å². The fourth-order valence-corrected chi connectivity index (χ4v) is 5.72. The van der Waals surface area contributed by atoms with Crippen molar-refractivity contribution >= 4 is 29.0 Å². The number of carbonyl (C=O) groups is 3. The van der Waals surface area contributed by atoms with Crippen LogP contribution in [0.2, 0.25) is 0 Å². The van der Waals surface area contributed by atoms with Gasteiger partial charge in [0.15, 0.2) is 5.78 Å². The molecule has 1 atom stereocenters. The topological polar surface area (TPSA) is 72.9 Å². The molecule has 0 saturated carbocycles. The number of methoxy groups -OCH3 is 1. The van der Waals surface area contributed by atoms with E-state index in [4.69, 9.17) is 9.47 Å². The number of likely N-dealkylation sites (N-methyl/N-ethyl adjacent to an activating group) is 1. The minimum Gasteiger partial charge on any atom is -0.486 e. The molecule has 0 N–H and O–H groups in total. The number of carbonyl (C=O) groups excluding carboxylic acids is 3. The summed E-state index contributed by atoms with van der Waals surface area (Å²) in [6, 6.07) is 7.57. The summed E-state index contributed by atoms with van der Waals surface area (Å²) < 4.78 is 10.7. The fourth-order valence-electron chi connectivity index (χ4n) is 4.21. The molecule has 2 rings (SSSR count). The number of ether oxygens (including phenoxy) is 2. The lowest BCUT2D eigenvalue weighted by Gasteiger charge is -2.32. The Balaban J connectivity index is 2.41. The summed E-state index contributed by atoms with van der Waals surface area (Å²) in [5, 5.41) is 0. The van der Waals surface area contributed by atoms with Crippen molar-refractivity contribution in [2.45, 2.75) is 79.7 Å². The van der Waals surface area contributed by atoms with Crippen LogP contribution in [0.1, 0.15) is 85.6 Å². The van der Waals surface area contributed by atoms with Gasteiger partial charge >= 0.3 is 5.97 Å². The molecule has 1 amide bonds. The monoisotopic (exact) mass is 515 g/mol. The third-order valence-electron chi connectivity index (χ3n) is 7.16. The number of thiophene rings is 1. The molecule has 6 nitrogen and oxygen atoms in total. The Hall–Kier alpha value is -2.67. The summed E-state index contributed by atoms with van der Waals surface area (Å²) in [5.41, 5.74) is 2.30. The van der Waals surface area contributed by atoms with Gasteiger partial charge in [-0.25, -0.2) is 4.79 Å². The molecule has 1 unspecified atom stereocenters. The lowest BCUT2D eigenvalue weighted by molar-refractivity contribution is -0.145. The number of Topliss-reactive ketones (excluding diaryl/α,β-unsaturated/α-hetero) is 1. The van der Waals surface area contributed by atoms with Gasteiger partial charge < -0.3 is 14.4 Å². The molecule has 2 aromatic rings. The van der Waals surface area contributed by atoms with Gasteiger partial charge in [-0.3, -0.25) is 9.59 Å². The lowest BCUT2D eigenvalue weighted by atomic mass is 9.74. The molecule has 198 valence electrons. The highest BCUT2D eigenvalue weighted by Crippen LogP contribution is 2.44. The van der Waals surface area contributed by atoms with Gasteiger partial charge in [-0.05, 0) is 62.4 Å². The molecule has 0 fully saturated rings. The second kappa shape index (κ2) is 11.6. The van der Waals surface area contributed by atoms with E-state index >= 15 is 0 Å². The van der Waals surface area contributed by atoms with E-state index in [2.05, 4.69) is 32.0 Å². The summed E-state index contributed by atoms with van der Waals surface area (Å²) >= 11 is 1.49. The molecule has 36 heavy (non-hydrogen) atoms. The zero-order valence-corrected chi connectivity index (χ0v) is 24.2. The molecule has 1 aromatic heterocycles. The van der Waals surface area contributed by atoms with Crippen LogP contribution in [-0.4, -0.2) is 49.4 Å². The van der Waals surface area contributed by atoms with Gasteiger partial charge in [0.1, 0.15) is 18.4 Å². The molecule has 1 aromatic carbocycles. The molecular weight excluding hydrogens is 474 g/mol. The van der Waals surface area contributed by atoms with Gasteiger partial charge in [-0.1, -0.05) is 46.8 Å². The van der Waals surface area contributed by atoms with Crippen LogP contribution in [0.25, 0.3) is 0 Å². The predicted octanol–water partition coefficient (Wildman–Crippen LogP) is 6.10. The van der Waals surface area contributed by atoms with Crippen LogP contribution < -0.4 is 4.74 Å². The Morgan fingerprint density at radius 1 is 1.03 bits per heavy atom. The second-order valence-corrected chi connectivity index (χ2v) is 11.5. The average molecular weight is 516 g/mol. The number of ketones is 1. The van der Waals surface area contributed by atoms with Crippen molar-refractivity contribution < 1.29 is 23.9 Å². The number of esters is 1. The van der Waals surface area contributed by atoms with E-state index in [1.54, 1.807) is 14.0 Å². The molecule has 0 aliphatic rings. The first-order valence-corrected chi connectivity index (χ1v) is 13.3. The smallest absolute Gasteiger partial charge is 0.328 e. The first-order chi connectivity index (χ1) is 16.7. The maximum Gasteiger partial charge on any atom is 0.328 e. The number of benzene rings is 1. The highest BCUT2D eigenvalue weighted by molar-refractivity contribution is 7.14. The standard InChI is InChI=1S/C29H41NO5S/c1-11-29(12-2,21-13-14-22(18(3)15-21)35-17-23(31)28(6,7)8)24-16-19(4)25(36-24)26(32)30(9)20(5)27(33)34-10/h13-16,20H,11-12,17H2,1-10H3. The van der Waals surface area contributed by atoms with Gasteiger partial charge in [0, 0.05) is 22.8 Å². The average Bonchev–Trinajstić information content (AvgIpc) is 3.23. The first-order valence-electron chi connectivity index (χ1n) is 12.5. The molecule has 0 spiro atoms. The van der Waals surface area contributed by atoms with Crippen LogP contribution in [0, 0.1) is 19.3 Å². The van der Waals surface area contributed by atoms with E-state index in [0.29, 0.717) is 10.6 Å². The lowest BCUT2D eigenvalue weighted by Crippen LogP contribution is -2.40. The van der Waals surface area contributed by atoms with Crippen molar-refractivity contribution in [2.24, 2.45) is 5.41 Å². The van der Waals surface area contributed by atoms with E-state index in [1.165, 1.54) is 23.3 Å². The minimum atomic E-state index is -0.671. The number of nitrogens with zero attached hydrogens (tertiary/aromatic N) is 1. The Morgan fingerprint density at radius 2 is 1.64 bits per heavy atom. The summed E-state index contributed by atoms with van der Waals surface area (Å²) in [5.74, 6) is 0.124. The predicted molar refractivity (Wildman–Crippen MR) is 145 cm³/mol. The third-order valence-corrected chi connectivity index (χ3v) is 8.59. The van der Waals surface area contributed by atoms with Gasteiger partial charge in [0.2, 0.25) is 0 Å². The molecule has 0 bridgehead atoms. The second-order valence-electron chi connectivity index (χ2n) is 10.5. The molecule has 0 saturated heterocycles. The van der Waals surface area contributed by atoms with Gasteiger partial charge in [0.05, 0.1) is 12.0 Å². The van der Waals surface area contributed by atoms with Gasteiger partial charge in [-0.2, -0.15) is 0 Å². The normalized spacial score (nSPS) is 12.7. The van der Waals surface area contributed by atoms with Crippen molar-refractivity contribution in [1.82, 2.24) is 4.90 Å². The molecule has 1 heterocycles. The van der Waals surface area contributed by atoms with E-state index in [-0.39, 0.29) is 23.7 Å². The van der Waals surface area contributed by atoms with Crippen LogP contribution in [0.15, 0.2) is 24.3 Å². The van der Waals surface area contributed by atoms with Crippen molar-refractivity contribution in [3.63, 3.8) is 0 Å². The SMILES string of the molecule is CCC(CC)(c1ccc(OCC(=O)C(C)(C)C)c(C)c1)c1cc(C)c(C(=O)N(C)C(C)C(=O)OC)s1. The zero-order valence-electron chi connectivity index (χ0n) is 23.4. The molecule has 7 heteroatoms. The number of amides is 1. The van der Waals surface area contributed by atoms with E-state index in [0.717, 1.165) is 34.4 Å². The summed E-state index contributed by atoms with van der Waals surface area (Å²) in [6.07, 6.45) is 1.71. The van der Waals surface area contributed by atoms with E-state index in [1.807, 2.05) is 40.7 Å². The maximum atomic E-state index is 13.3. The van der Waals surface area contributed by atoms with Crippen LogP contribution >= 0.6 is 11.3 Å². The number of hydrogen-bond donors (Lipinski definition) is 0. The molecule has 0 aliphatic heterocycles. The summed E-state index contributed by atoms with van der Waals surface area (Å²) in [6.45, 7) is 15.6. The van der Waals surface area contributed by atoms with Crippen molar-refractivity contribution in [3.05, 3.63) is 50.7 Å². The number of hydrogen-bond acceptors (Lipinski definition) is 6. The molecule has 0 aliphatic carbocycles. The van der Waals surface area contributed by atoms with Crippen molar-refractivity contribution in [1.29, 1.82) is 0 Å². The van der Waals surface area contributed by atoms with Gasteiger partial charge in [0.25, 0.3) is 5.91 Å². The van der Waals surface area contributed by atoms with Gasteiger partial charge in [-0.15, -0.1) is 11.3 Å². The van der Waals surface area contributed by atoms with E-state index in [9.17, 15) is 14.4 Å². The largest absolute Gasteiger partial charge is 0.486 e. The zero-order chi connectivity index (χ0) is 27.4. The Bertz CT molecular complexity index is 1110.